The fourth-order valence-electron chi connectivity index (χ4n) is 6.78. The zero-order valence-electron chi connectivity index (χ0n) is 42.9. The first-order chi connectivity index (χ1) is 33.0. The van der Waals surface area contributed by atoms with Gasteiger partial charge in [-0.2, -0.15) is 0 Å². The van der Waals surface area contributed by atoms with E-state index >= 15 is 0 Å². The lowest BCUT2D eigenvalue weighted by Gasteiger charge is -2.18. The summed E-state index contributed by atoms with van der Waals surface area (Å²) in [7, 11) is 0. The number of hydrogen-bond acceptors (Lipinski definition) is 6. The minimum Gasteiger partial charge on any atom is -0.462 e. The highest BCUT2D eigenvalue weighted by atomic mass is 16.6. The highest BCUT2D eigenvalue weighted by molar-refractivity contribution is 5.72. The number of ether oxygens (including phenoxy) is 3. The molecule has 376 valence electrons. The molecule has 0 radical (unpaired) electrons. The van der Waals surface area contributed by atoms with Crippen LogP contribution in [0.3, 0.4) is 0 Å². The number of allylic oxidation sites excluding steroid dienone is 21. The van der Waals surface area contributed by atoms with Crippen molar-refractivity contribution < 1.29 is 28.6 Å². The minimum atomic E-state index is -0.866. The summed E-state index contributed by atoms with van der Waals surface area (Å²) in [5, 5.41) is 0. The second-order valence-corrected chi connectivity index (χ2v) is 17.0. The van der Waals surface area contributed by atoms with Crippen molar-refractivity contribution in [2.45, 2.75) is 219 Å². The van der Waals surface area contributed by atoms with Crippen LogP contribution in [0.2, 0.25) is 0 Å². The first-order valence-corrected chi connectivity index (χ1v) is 26.7. The molecule has 0 aliphatic rings. The molecule has 0 aromatic rings. The van der Waals surface area contributed by atoms with Gasteiger partial charge in [-0.1, -0.05) is 244 Å². The zero-order valence-corrected chi connectivity index (χ0v) is 42.9. The molecule has 67 heavy (non-hydrogen) atoms. The normalized spacial score (nSPS) is 13.2. The van der Waals surface area contributed by atoms with Crippen molar-refractivity contribution >= 4 is 17.9 Å². The summed E-state index contributed by atoms with van der Waals surface area (Å²) < 4.78 is 16.6. The molecular weight excluding hydrogens is 829 g/mol. The molecule has 6 heteroatoms. The van der Waals surface area contributed by atoms with Crippen LogP contribution in [-0.2, 0) is 28.6 Å². The molecule has 0 bridgehead atoms. The molecule has 0 heterocycles. The Kier molecular flexibility index (Phi) is 50.6. The smallest absolute Gasteiger partial charge is 0.310 e. The van der Waals surface area contributed by atoms with Crippen LogP contribution >= 0.6 is 0 Å². The Bertz CT molecular complexity index is 1480. The van der Waals surface area contributed by atoms with Gasteiger partial charge in [-0.15, -0.1) is 0 Å². The first kappa shape index (κ1) is 62.5. The number of carbonyl (C=O) groups is 3. The maximum atomic E-state index is 12.8. The van der Waals surface area contributed by atoms with Crippen LogP contribution in [0.25, 0.3) is 0 Å². The molecule has 0 aromatic carbocycles. The van der Waals surface area contributed by atoms with E-state index in [0.29, 0.717) is 19.3 Å². The standard InChI is InChI=1S/C61H96O6/c1-4-7-10-13-16-19-22-25-28-29-30-31-34-36-39-42-45-48-51-54-60(63)66-57-58(67-61(64)55-52-49-46-43-40-37-33-27-24-21-18-15-12-9-6-3)56-65-59(62)53-50-47-44-41-38-35-32-26-23-20-17-14-11-8-5-2/h7,9-10,12,16,18-19,21,25,27-28,30-31,33,36,39-40,43,45,48-49,52,58H,4-6,8,11,13-15,17,20,22-24,26,29,32,34-35,37-38,41-42,44,46-47,50-51,53-57H2,1-3H3/b10-7-,12-9-,19-16-,21-18-,28-25-,31-30-,33-27-,39-36-,43-40-,48-45-,52-49-. The third-order valence-electron chi connectivity index (χ3n) is 10.7. The monoisotopic (exact) mass is 925 g/mol. The Hall–Kier alpha value is -4.45. The van der Waals surface area contributed by atoms with E-state index in [4.69, 9.17) is 14.2 Å². The van der Waals surface area contributed by atoms with Crippen molar-refractivity contribution in [1.29, 1.82) is 0 Å². The van der Waals surface area contributed by atoms with Crippen molar-refractivity contribution in [3.8, 4) is 0 Å². The highest BCUT2D eigenvalue weighted by Gasteiger charge is 2.19. The summed E-state index contributed by atoms with van der Waals surface area (Å²) in [6.45, 7) is 6.25. The molecule has 0 amide bonds. The quantitative estimate of drug-likeness (QED) is 0.0262. The van der Waals surface area contributed by atoms with Crippen LogP contribution in [0.4, 0.5) is 0 Å². The molecule has 0 saturated heterocycles. The van der Waals surface area contributed by atoms with Crippen LogP contribution in [0.15, 0.2) is 134 Å². The van der Waals surface area contributed by atoms with E-state index in [2.05, 4.69) is 130 Å². The third-order valence-corrected chi connectivity index (χ3v) is 10.7. The minimum absolute atomic E-state index is 0.0771. The molecule has 0 fully saturated rings. The van der Waals surface area contributed by atoms with Crippen molar-refractivity contribution in [2.24, 2.45) is 0 Å². The summed E-state index contributed by atoms with van der Waals surface area (Å²) in [6.07, 6.45) is 76.2. The fourth-order valence-corrected chi connectivity index (χ4v) is 6.78. The SMILES string of the molecule is CC/C=C\C/C=C\C/C=C\C/C=C\C/C=C\C/C=C\CCC(=O)OCC(COC(=O)CCCCCCCCCCCCCCCCC)OC(=O)C/C=C\C/C=C\C/C=C\C/C=C\C/C=C\CC. The van der Waals surface area contributed by atoms with Crippen molar-refractivity contribution in [1.82, 2.24) is 0 Å². The average molecular weight is 925 g/mol. The number of carbonyl (C=O) groups excluding carboxylic acids is 3. The molecule has 0 aromatic heterocycles. The van der Waals surface area contributed by atoms with Gasteiger partial charge in [0, 0.05) is 12.8 Å². The van der Waals surface area contributed by atoms with Gasteiger partial charge in [0.1, 0.15) is 13.2 Å². The predicted molar refractivity (Wildman–Crippen MR) is 288 cm³/mol. The summed E-state index contributed by atoms with van der Waals surface area (Å²) in [5.74, 6) is -1.17. The van der Waals surface area contributed by atoms with Crippen molar-refractivity contribution in [2.75, 3.05) is 13.2 Å². The van der Waals surface area contributed by atoms with Gasteiger partial charge in [0.2, 0.25) is 0 Å². The molecule has 1 unspecified atom stereocenters. The van der Waals surface area contributed by atoms with Crippen molar-refractivity contribution in [3.63, 3.8) is 0 Å². The average Bonchev–Trinajstić information content (AvgIpc) is 3.33. The summed E-state index contributed by atoms with van der Waals surface area (Å²) >= 11 is 0. The number of unbranched alkanes of at least 4 members (excludes halogenated alkanes) is 14. The van der Waals surface area contributed by atoms with E-state index in [1.807, 2.05) is 18.2 Å². The summed E-state index contributed by atoms with van der Waals surface area (Å²) in [5.41, 5.74) is 0. The zero-order chi connectivity index (χ0) is 48.6. The van der Waals surface area contributed by atoms with Crippen LogP contribution in [0, 0.1) is 0 Å². The number of hydrogen-bond donors (Lipinski definition) is 0. The van der Waals surface area contributed by atoms with E-state index < -0.39 is 12.1 Å². The van der Waals surface area contributed by atoms with Gasteiger partial charge < -0.3 is 14.2 Å². The first-order valence-electron chi connectivity index (χ1n) is 26.7. The van der Waals surface area contributed by atoms with E-state index in [1.54, 1.807) is 6.08 Å². The van der Waals surface area contributed by atoms with E-state index in [0.717, 1.165) is 83.5 Å². The van der Waals surface area contributed by atoms with Crippen LogP contribution in [-0.4, -0.2) is 37.2 Å². The molecule has 0 aliphatic carbocycles. The van der Waals surface area contributed by atoms with Gasteiger partial charge in [-0.05, 0) is 83.5 Å². The lowest BCUT2D eigenvalue weighted by molar-refractivity contribution is -0.166. The molecule has 6 nitrogen and oxygen atoms in total. The molecule has 0 rings (SSSR count). The van der Waals surface area contributed by atoms with Crippen molar-refractivity contribution in [3.05, 3.63) is 134 Å². The van der Waals surface area contributed by atoms with E-state index in [1.165, 1.54) is 77.0 Å². The Balaban J connectivity index is 4.62. The van der Waals surface area contributed by atoms with Crippen LogP contribution < -0.4 is 0 Å². The molecule has 0 spiro atoms. The van der Waals surface area contributed by atoms with Gasteiger partial charge in [0.25, 0.3) is 0 Å². The molecular formula is C61H96O6. The maximum absolute atomic E-state index is 12.8. The lowest BCUT2D eigenvalue weighted by Crippen LogP contribution is -2.30. The second-order valence-electron chi connectivity index (χ2n) is 17.0. The molecule has 0 saturated carbocycles. The Morgan fingerprint density at radius 1 is 0.328 bits per heavy atom. The van der Waals surface area contributed by atoms with E-state index in [-0.39, 0.29) is 38.0 Å². The topological polar surface area (TPSA) is 78.9 Å². The second kappa shape index (κ2) is 54.2. The molecule has 0 N–H and O–H groups in total. The van der Waals surface area contributed by atoms with Gasteiger partial charge in [0.05, 0.1) is 6.42 Å². The Labute approximate surface area is 411 Å². The lowest BCUT2D eigenvalue weighted by atomic mass is 10.0. The van der Waals surface area contributed by atoms with Gasteiger partial charge in [-0.25, -0.2) is 0 Å². The van der Waals surface area contributed by atoms with E-state index in [9.17, 15) is 14.4 Å². The maximum Gasteiger partial charge on any atom is 0.310 e. The fraction of sp³-hybridized carbons (Fsp3) is 0.590. The summed E-state index contributed by atoms with van der Waals surface area (Å²) in [4.78, 5) is 38.0. The van der Waals surface area contributed by atoms with Gasteiger partial charge >= 0.3 is 17.9 Å². The third kappa shape index (κ3) is 52.4. The predicted octanol–water partition coefficient (Wildman–Crippen LogP) is 17.9. The highest BCUT2D eigenvalue weighted by Crippen LogP contribution is 2.14. The van der Waals surface area contributed by atoms with Crippen LogP contribution in [0.5, 0.6) is 0 Å². The number of rotatable bonds is 46. The Morgan fingerprint density at radius 2 is 0.627 bits per heavy atom. The number of esters is 3. The summed E-state index contributed by atoms with van der Waals surface area (Å²) in [6, 6.07) is 0. The van der Waals surface area contributed by atoms with Gasteiger partial charge in [-0.3, -0.25) is 14.4 Å². The van der Waals surface area contributed by atoms with Crippen LogP contribution in [0.1, 0.15) is 213 Å². The Morgan fingerprint density at radius 3 is 0.985 bits per heavy atom. The van der Waals surface area contributed by atoms with Gasteiger partial charge in [0.15, 0.2) is 6.10 Å². The molecule has 1 atom stereocenters. The molecule has 0 aliphatic heterocycles. The largest absolute Gasteiger partial charge is 0.462 e.